The lowest BCUT2D eigenvalue weighted by atomic mass is 10.1. The van der Waals surface area contributed by atoms with Crippen molar-refractivity contribution in [2.75, 3.05) is 36.7 Å². The molecule has 0 aliphatic carbocycles. The molecule has 8 nitrogen and oxygen atoms in total. The summed E-state index contributed by atoms with van der Waals surface area (Å²) in [6.45, 7) is 0. The maximum atomic E-state index is 13.0. The van der Waals surface area contributed by atoms with Crippen LogP contribution in [0.4, 0.5) is 21.9 Å². The number of amides is 2. The highest BCUT2D eigenvalue weighted by Gasteiger charge is 2.28. The minimum atomic E-state index is -0.405. The number of benzene rings is 3. The SMILES string of the molecule is COc1ccc2[nH]cc(/C=C3\Oc4ccc(NC(=O)Nc5ccc(N(C)C)cc5)cc4C3=O)c2c1. The molecule has 2 heterocycles. The number of anilines is 3. The third-order valence-corrected chi connectivity index (χ3v) is 5.77. The van der Waals surface area contributed by atoms with Gasteiger partial charge in [0.1, 0.15) is 11.5 Å². The van der Waals surface area contributed by atoms with Crippen LogP contribution in [0.25, 0.3) is 17.0 Å². The van der Waals surface area contributed by atoms with E-state index in [0.29, 0.717) is 22.7 Å². The molecule has 0 saturated carbocycles. The van der Waals surface area contributed by atoms with Crippen molar-refractivity contribution in [2.24, 2.45) is 0 Å². The minimum Gasteiger partial charge on any atom is -0.497 e. The molecular formula is C27H24N4O4. The van der Waals surface area contributed by atoms with E-state index in [1.165, 1.54) is 0 Å². The number of ketones is 1. The van der Waals surface area contributed by atoms with Crippen molar-refractivity contribution in [3.8, 4) is 11.5 Å². The number of nitrogens with one attached hydrogen (secondary N) is 3. The number of carbonyl (C=O) groups is 2. The van der Waals surface area contributed by atoms with Crippen LogP contribution in [0.1, 0.15) is 15.9 Å². The number of aromatic nitrogens is 1. The predicted octanol–water partition coefficient (Wildman–Crippen LogP) is 5.50. The van der Waals surface area contributed by atoms with Gasteiger partial charge in [-0.15, -0.1) is 0 Å². The topological polar surface area (TPSA) is 95.7 Å². The molecule has 3 aromatic carbocycles. The number of nitrogens with zero attached hydrogens (tertiary/aromatic N) is 1. The Morgan fingerprint density at radius 1 is 1.00 bits per heavy atom. The number of H-pyrrole nitrogens is 1. The first kappa shape index (κ1) is 22.1. The van der Waals surface area contributed by atoms with Gasteiger partial charge in [0.15, 0.2) is 5.76 Å². The van der Waals surface area contributed by atoms with Crippen LogP contribution in [0.5, 0.6) is 11.5 Å². The van der Waals surface area contributed by atoms with Gasteiger partial charge in [-0.05, 0) is 66.7 Å². The Morgan fingerprint density at radius 2 is 1.74 bits per heavy atom. The predicted molar refractivity (Wildman–Crippen MR) is 138 cm³/mol. The lowest BCUT2D eigenvalue weighted by Gasteiger charge is -2.13. The second-order valence-electron chi connectivity index (χ2n) is 8.33. The number of carbonyl (C=O) groups excluding carboxylic acids is 2. The molecule has 176 valence electrons. The van der Waals surface area contributed by atoms with Gasteiger partial charge in [0.25, 0.3) is 0 Å². The minimum absolute atomic E-state index is 0.214. The molecule has 0 atom stereocenters. The molecule has 1 aliphatic rings. The number of ether oxygens (including phenoxy) is 2. The number of hydrogen-bond donors (Lipinski definition) is 3. The first-order valence-corrected chi connectivity index (χ1v) is 11.0. The maximum Gasteiger partial charge on any atom is 0.323 e. The molecular weight excluding hydrogens is 444 g/mol. The molecule has 1 aromatic heterocycles. The maximum absolute atomic E-state index is 13.0. The van der Waals surface area contributed by atoms with Crippen LogP contribution in [0.3, 0.4) is 0 Å². The summed E-state index contributed by atoms with van der Waals surface area (Å²) in [6.07, 6.45) is 3.52. The number of hydrogen-bond acceptors (Lipinski definition) is 5. The van der Waals surface area contributed by atoms with Gasteiger partial charge in [-0.25, -0.2) is 4.79 Å². The van der Waals surface area contributed by atoms with E-state index in [2.05, 4.69) is 15.6 Å². The number of allylic oxidation sites excluding steroid dienone is 1. The second-order valence-corrected chi connectivity index (χ2v) is 8.33. The fourth-order valence-corrected chi connectivity index (χ4v) is 3.91. The smallest absolute Gasteiger partial charge is 0.323 e. The van der Waals surface area contributed by atoms with E-state index in [-0.39, 0.29) is 11.5 Å². The number of rotatable bonds is 5. The molecule has 0 saturated heterocycles. The lowest BCUT2D eigenvalue weighted by molar-refractivity contribution is 0.101. The summed E-state index contributed by atoms with van der Waals surface area (Å²) in [5.41, 5.74) is 4.31. The van der Waals surface area contributed by atoms with Gasteiger partial charge in [-0.1, -0.05) is 0 Å². The van der Waals surface area contributed by atoms with Crippen molar-refractivity contribution in [1.82, 2.24) is 4.98 Å². The van der Waals surface area contributed by atoms with Gasteiger partial charge in [-0.2, -0.15) is 0 Å². The zero-order valence-corrected chi connectivity index (χ0v) is 19.5. The summed E-state index contributed by atoms with van der Waals surface area (Å²) in [5.74, 6) is 1.14. The number of fused-ring (bicyclic) bond motifs is 2. The Bertz CT molecular complexity index is 1470. The van der Waals surface area contributed by atoms with Crippen LogP contribution in [-0.2, 0) is 0 Å². The summed E-state index contributed by atoms with van der Waals surface area (Å²) in [6, 6.07) is 17.8. The Kier molecular flexibility index (Phi) is 5.62. The number of aromatic amines is 1. The second kappa shape index (κ2) is 8.90. The molecule has 0 bridgehead atoms. The average molecular weight is 469 g/mol. The van der Waals surface area contributed by atoms with Crippen molar-refractivity contribution < 1.29 is 19.1 Å². The van der Waals surface area contributed by atoms with Crippen LogP contribution < -0.4 is 25.0 Å². The summed E-state index contributed by atoms with van der Waals surface area (Å²) in [4.78, 5) is 30.7. The molecule has 0 fully saturated rings. The van der Waals surface area contributed by atoms with Crippen molar-refractivity contribution in [3.63, 3.8) is 0 Å². The first-order chi connectivity index (χ1) is 16.9. The van der Waals surface area contributed by atoms with E-state index in [1.807, 2.05) is 67.7 Å². The Morgan fingerprint density at radius 3 is 2.49 bits per heavy atom. The quantitative estimate of drug-likeness (QED) is 0.336. The van der Waals surface area contributed by atoms with Gasteiger partial charge >= 0.3 is 6.03 Å². The van der Waals surface area contributed by atoms with Crippen molar-refractivity contribution >= 4 is 45.9 Å². The van der Waals surface area contributed by atoms with Gasteiger partial charge < -0.3 is 30.0 Å². The standard InChI is InChI=1S/C27H24N4O4/c1-31(2)19-7-4-17(5-8-19)29-27(33)30-18-6-11-24-22(13-18)26(32)25(35-24)12-16-15-28-23-10-9-20(34-3)14-21(16)23/h4-15,28H,1-3H3,(H2,29,30,33)/b25-12-. The molecule has 0 radical (unpaired) electrons. The zero-order chi connectivity index (χ0) is 24.5. The summed E-state index contributed by atoms with van der Waals surface area (Å²) >= 11 is 0. The Labute approximate surface area is 202 Å². The molecule has 3 N–H and O–H groups in total. The van der Waals surface area contributed by atoms with Crippen molar-refractivity contribution in [1.29, 1.82) is 0 Å². The van der Waals surface area contributed by atoms with Gasteiger partial charge in [-0.3, -0.25) is 4.79 Å². The molecule has 2 amide bonds. The summed E-state index contributed by atoms with van der Waals surface area (Å²) < 4.78 is 11.1. The van der Waals surface area contributed by atoms with Gasteiger partial charge in [0, 0.05) is 53.8 Å². The fourth-order valence-electron chi connectivity index (χ4n) is 3.91. The largest absolute Gasteiger partial charge is 0.497 e. The van der Waals surface area contributed by atoms with Crippen LogP contribution in [0.15, 0.2) is 72.6 Å². The summed E-state index contributed by atoms with van der Waals surface area (Å²) in [5, 5.41) is 6.48. The molecule has 35 heavy (non-hydrogen) atoms. The zero-order valence-electron chi connectivity index (χ0n) is 19.5. The van der Waals surface area contributed by atoms with Gasteiger partial charge in [0.2, 0.25) is 5.78 Å². The summed E-state index contributed by atoms with van der Waals surface area (Å²) in [7, 11) is 5.51. The van der Waals surface area contributed by atoms with E-state index < -0.39 is 6.03 Å². The van der Waals surface area contributed by atoms with Crippen LogP contribution >= 0.6 is 0 Å². The van der Waals surface area contributed by atoms with Crippen molar-refractivity contribution in [2.45, 2.75) is 0 Å². The van der Waals surface area contributed by atoms with E-state index in [1.54, 1.807) is 31.4 Å². The highest BCUT2D eigenvalue weighted by molar-refractivity contribution is 6.16. The molecule has 1 aliphatic heterocycles. The first-order valence-electron chi connectivity index (χ1n) is 11.0. The molecule has 4 aromatic rings. The van der Waals surface area contributed by atoms with Crippen LogP contribution in [0, 0.1) is 0 Å². The van der Waals surface area contributed by atoms with E-state index >= 15 is 0 Å². The lowest BCUT2D eigenvalue weighted by Crippen LogP contribution is -2.19. The van der Waals surface area contributed by atoms with E-state index in [9.17, 15) is 9.59 Å². The van der Waals surface area contributed by atoms with Crippen LogP contribution in [0.2, 0.25) is 0 Å². The highest BCUT2D eigenvalue weighted by atomic mass is 16.5. The van der Waals surface area contributed by atoms with Crippen LogP contribution in [-0.4, -0.2) is 38.0 Å². The Balaban J connectivity index is 1.31. The van der Waals surface area contributed by atoms with Gasteiger partial charge in [0.05, 0.1) is 12.7 Å². The average Bonchev–Trinajstić information content (AvgIpc) is 3.39. The normalized spacial score (nSPS) is 13.5. The number of methoxy groups -OCH3 is 1. The highest BCUT2D eigenvalue weighted by Crippen LogP contribution is 2.35. The number of Topliss-reactive ketones (excluding diaryl/α,β-unsaturated/α-hetero) is 1. The number of urea groups is 1. The van der Waals surface area contributed by atoms with Crippen molar-refractivity contribution in [3.05, 3.63) is 83.7 Å². The monoisotopic (exact) mass is 468 g/mol. The van der Waals surface area contributed by atoms with E-state index in [0.717, 1.165) is 27.9 Å². The fraction of sp³-hybridized carbons (Fsp3) is 0.111. The molecule has 5 rings (SSSR count). The molecule has 0 spiro atoms. The third kappa shape index (κ3) is 4.41. The molecule has 8 heteroatoms. The third-order valence-electron chi connectivity index (χ3n) is 5.77. The molecule has 0 unspecified atom stereocenters. The van der Waals surface area contributed by atoms with E-state index in [4.69, 9.17) is 9.47 Å². The Hall–Kier alpha value is -4.72.